The number of carboxylic acids is 1. The van der Waals surface area contributed by atoms with Crippen LogP contribution in [0.2, 0.25) is 0 Å². The molecule has 138 valence electrons. The highest BCUT2D eigenvalue weighted by Crippen LogP contribution is 2.35. The average molecular weight is 345 g/mol. The second-order valence-electron chi connectivity index (χ2n) is 7.22. The Morgan fingerprint density at radius 3 is 2.20 bits per heavy atom. The molecule has 1 aliphatic rings. The van der Waals surface area contributed by atoms with Gasteiger partial charge in [0.05, 0.1) is 5.92 Å². The molecule has 1 aromatic rings. The van der Waals surface area contributed by atoms with Gasteiger partial charge in [0.25, 0.3) is 0 Å². The quantitative estimate of drug-likeness (QED) is 0.689. The number of benzene rings is 1. The lowest BCUT2D eigenvalue weighted by atomic mass is 9.94. The molecular formula is C21H31NO3. The van der Waals surface area contributed by atoms with Crippen LogP contribution in [0.4, 0.5) is 0 Å². The lowest BCUT2D eigenvalue weighted by molar-refractivity contribution is -0.142. The fourth-order valence-corrected chi connectivity index (χ4v) is 3.54. The second kappa shape index (κ2) is 9.71. The van der Waals surface area contributed by atoms with Gasteiger partial charge in [0.15, 0.2) is 0 Å². The Balaban J connectivity index is 1.98. The van der Waals surface area contributed by atoms with Crippen molar-refractivity contribution in [2.75, 3.05) is 13.1 Å². The molecule has 0 unspecified atom stereocenters. The average Bonchev–Trinajstić information content (AvgIpc) is 3.00. The largest absolute Gasteiger partial charge is 0.481 e. The number of carboxylic acid groups (broad SMARTS) is 1. The molecule has 25 heavy (non-hydrogen) atoms. The Bertz CT molecular complexity index is 559. The van der Waals surface area contributed by atoms with Gasteiger partial charge in [-0.15, -0.1) is 0 Å². The molecule has 4 heteroatoms. The SMILES string of the molecule is CCCCN(CCCC)Cc1ccc([C@@H]2C[C@@H](C(=O)O)CC2=O)cc1. The van der Waals surface area contributed by atoms with E-state index in [9.17, 15) is 9.59 Å². The van der Waals surface area contributed by atoms with Crippen molar-refractivity contribution in [1.82, 2.24) is 4.90 Å². The van der Waals surface area contributed by atoms with Crippen LogP contribution in [0, 0.1) is 5.92 Å². The van der Waals surface area contributed by atoms with Crippen molar-refractivity contribution in [2.45, 2.75) is 64.8 Å². The first-order chi connectivity index (χ1) is 12.0. The van der Waals surface area contributed by atoms with Crippen LogP contribution in [0.1, 0.15) is 69.4 Å². The van der Waals surface area contributed by atoms with Crippen molar-refractivity contribution < 1.29 is 14.7 Å². The van der Waals surface area contributed by atoms with Crippen LogP contribution >= 0.6 is 0 Å². The van der Waals surface area contributed by atoms with Gasteiger partial charge < -0.3 is 5.11 Å². The van der Waals surface area contributed by atoms with E-state index in [1.54, 1.807) is 0 Å². The number of carbonyl (C=O) groups is 2. The maximum atomic E-state index is 12.1. The minimum Gasteiger partial charge on any atom is -0.481 e. The Morgan fingerprint density at radius 2 is 1.72 bits per heavy atom. The summed E-state index contributed by atoms with van der Waals surface area (Å²) in [6.45, 7) is 7.63. The number of aliphatic carboxylic acids is 1. The minimum absolute atomic E-state index is 0.0627. The lowest BCUT2D eigenvalue weighted by Gasteiger charge is -2.22. The van der Waals surface area contributed by atoms with Crippen LogP contribution in [-0.4, -0.2) is 34.8 Å². The monoisotopic (exact) mass is 345 g/mol. The van der Waals surface area contributed by atoms with Crippen molar-refractivity contribution in [1.29, 1.82) is 0 Å². The van der Waals surface area contributed by atoms with Gasteiger partial charge in [0, 0.05) is 18.9 Å². The van der Waals surface area contributed by atoms with Crippen LogP contribution in [-0.2, 0) is 16.1 Å². The molecule has 4 nitrogen and oxygen atoms in total. The van der Waals surface area contributed by atoms with Crippen molar-refractivity contribution in [2.24, 2.45) is 5.92 Å². The molecule has 1 fully saturated rings. The van der Waals surface area contributed by atoms with Crippen molar-refractivity contribution >= 4 is 11.8 Å². The standard InChI is InChI=1S/C21H31NO3/c1-3-5-11-22(12-6-4-2)15-16-7-9-17(10-8-16)19-13-18(21(24)25)14-20(19)23/h7-10,18-19H,3-6,11-15H2,1-2H3,(H,24,25)/t18-,19+/m1/s1. The van der Waals surface area contributed by atoms with Gasteiger partial charge in [-0.1, -0.05) is 51.0 Å². The van der Waals surface area contributed by atoms with Gasteiger partial charge in [-0.2, -0.15) is 0 Å². The van der Waals surface area contributed by atoms with Gasteiger partial charge in [-0.25, -0.2) is 0 Å². The Hall–Kier alpha value is -1.68. The second-order valence-corrected chi connectivity index (χ2v) is 7.22. The Kier molecular flexibility index (Phi) is 7.63. The number of unbranched alkanes of at least 4 members (excludes halogenated alkanes) is 2. The summed E-state index contributed by atoms with van der Waals surface area (Å²) in [5.41, 5.74) is 2.22. The van der Waals surface area contributed by atoms with Gasteiger partial charge >= 0.3 is 5.97 Å². The molecule has 1 N–H and O–H groups in total. The third kappa shape index (κ3) is 5.67. The molecule has 1 aromatic carbocycles. The molecule has 1 aliphatic carbocycles. The molecule has 0 amide bonds. The molecule has 0 spiro atoms. The van der Waals surface area contributed by atoms with Gasteiger partial charge in [0.1, 0.15) is 5.78 Å². The number of ketones is 1. The van der Waals surface area contributed by atoms with E-state index in [-0.39, 0.29) is 18.1 Å². The number of hydrogen-bond acceptors (Lipinski definition) is 3. The predicted octanol–water partition coefficient (Wildman–Crippen LogP) is 4.24. The summed E-state index contributed by atoms with van der Waals surface area (Å²) in [5, 5.41) is 9.12. The zero-order valence-electron chi connectivity index (χ0n) is 15.5. The minimum atomic E-state index is -0.852. The molecule has 2 atom stereocenters. The molecule has 0 aromatic heterocycles. The van der Waals surface area contributed by atoms with Crippen molar-refractivity contribution in [3.05, 3.63) is 35.4 Å². The van der Waals surface area contributed by atoms with E-state index in [2.05, 4.69) is 30.9 Å². The van der Waals surface area contributed by atoms with Crippen LogP contribution in [0.15, 0.2) is 24.3 Å². The summed E-state index contributed by atoms with van der Waals surface area (Å²) in [6, 6.07) is 8.23. The maximum Gasteiger partial charge on any atom is 0.306 e. The van der Waals surface area contributed by atoms with Crippen LogP contribution in [0.25, 0.3) is 0 Å². The predicted molar refractivity (Wildman–Crippen MR) is 99.6 cm³/mol. The van der Waals surface area contributed by atoms with Crippen molar-refractivity contribution in [3.8, 4) is 0 Å². The first kappa shape index (κ1) is 19.6. The van der Waals surface area contributed by atoms with Gasteiger partial charge in [0.2, 0.25) is 0 Å². The molecule has 0 heterocycles. The lowest BCUT2D eigenvalue weighted by Crippen LogP contribution is -2.25. The highest BCUT2D eigenvalue weighted by atomic mass is 16.4. The molecule has 0 aliphatic heterocycles. The van der Waals surface area contributed by atoms with Gasteiger partial charge in [-0.05, 0) is 43.5 Å². The van der Waals surface area contributed by atoms with Crippen molar-refractivity contribution in [3.63, 3.8) is 0 Å². The molecule has 0 radical (unpaired) electrons. The number of rotatable bonds is 10. The zero-order chi connectivity index (χ0) is 18.2. The summed E-state index contributed by atoms with van der Waals surface area (Å²) in [7, 11) is 0. The summed E-state index contributed by atoms with van der Waals surface area (Å²) >= 11 is 0. The Morgan fingerprint density at radius 1 is 1.12 bits per heavy atom. The van der Waals surface area contributed by atoms with E-state index in [1.165, 1.54) is 31.2 Å². The summed E-state index contributed by atoms with van der Waals surface area (Å²) < 4.78 is 0. The highest BCUT2D eigenvalue weighted by molar-refractivity contribution is 5.92. The van der Waals surface area contributed by atoms with E-state index >= 15 is 0 Å². The number of carbonyl (C=O) groups excluding carboxylic acids is 1. The molecule has 0 saturated heterocycles. The third-order valence-electron chi connectivity index (χ3n) is 5.15. The van der Waals surface area contributed by atoms with Crippen LogP contribution in [0.5, 0.6) is 0 Å². The zero-order valence-corrected chi connectivity index (χ0v) is 15.5. The normalized spacial score (nSPS) is 20.4. The maximum absolute atomic E-state index is 12.1. The first-order valence-corrected chi connectivity index (χ1v) is 9.61. The van der Waals surface area contributed by atoms with E-state index in [0.717, 1.165) is 25.2 Å². The molecule has 1 saturated carbocycles. The third-order valence-corrected chi connectivity index (χ3v) is 5.15. The number of nitrogens with zero attached hydrogens (tertiary/aromatic N) is 1. The summed E-state index contributed by atoms with van der Waals surface area (Å²) in [4.78, 5) is 25.7. The van der Waals surface area contributed by atoms with E-state index in [4.69, 9.17) is 5.11 Å². The fourth-order valence-electron chi connectivity index (χ4n) is 3.54. The highest BCUT2D eigenvalue weighted by Gasteiger charge is 2.37. The van der Waals surface area contributed by atoms with E-state index < -0.39 is 11.9 Å². The number of Topliss-reactive ketones (excluding diaryl/α,β-unsaturated/α-hetero) is 1. The fraction of sp³-hybridized carbons (Fsp3) is 0.619. The van der Waals surface area contributed by atoms with Crippen LogP contribution < -0.4 is 0 Å². The molecule has 2 rings (SSSR count). The van der Waals surface area contributed by atoms with E-state index in [0.29, 0.717) is 6.42 Å². The Labute approximate surface area is 151 Å². The molecule has 0 bridgehead atoms. The molecular weight excluding hydrogens is 314 g/mol. The summed E-state index contributed by atoms with van der Waals surface area (Å²) in [6.07, 6.45) is 5.45. The van der Waals surface area contributed by atoms with E-state index in [1.807, 2.05) is 12.1 Å². The van der Waals surface area contributed by atoms with Gasteiger partial charge in [-0.3, -0.25) is 14.5 Å². The smallest absolute Gasteiger partial charge is 0.306 e. The summed E-state index contributed by atoms with van der Waals surface area (Å²) in [5.74, 6) is -1.55. The first-order valence-electron chi connectivity index (χ1n) is 9.61. The number of hydrogen-bond donors (Lipinski definition) is 1. The van der Waals surface area contributed by atoms with Crippen LogP contribution in [0.3, 0.4) is 0 Å². The topological polar surface area (TPSA) is 57.6 Å².